The summed E-state index contributed by atoms with van der Waals surface area (Å²) in [6, 6.07) is 9.34. The summed E-state index contributed by atoms with van der Waals surface area (Å²) in [5, 5.41) is 0. The highest BCUT2D eigenvalue weighted by atomic mass is 79.9. The molecule has 0 radical (unpaired) electrons. The molecule has 2 rings (SSSR count). The molecule has 0 spiro atoms. The standard InChI is InChI=1S/C15H16BrNO2/c1-11-4-3-5-12(2)15(11)19-9-8-17-10-13(16)6-7-14(17)18/h3-7,10H,8-9H2,1-2H3. The Morgan fingerprint density at radius 2 is 1.84 bits per heavy atom. The predicted octanol–water partition coefficient (Wildman–Crippen LogP) is 3.31. The number of pyridine rings is 1. The second-order valence-electron chi connectivity index (χ2n) is 4.45. The van der Waals surface area contributed by atoms with Crippen molar-refractivity contribution in [3.8, 4) is 5.75 Å². The number of hydrogen-bond acceptors (Lipinski definition) is 2. The van der Waals surface area contributed by atoms with Gasteiger partial charge in [0.05, 0.1) is 6.54 Å². The zero-order chi connectivity index (χ0) is 13.8. The lowest BCUT2D eigenvalue weighted by Crippen LogP contribution is -2.21. The van der Waals surface area contributed by atoms with Crippen LogP contribution in [0.4, 0.5) is 0 Å². The van der Waals surface area contributed by atoms with E-state index in [2.05, 4.69) is 15.9 Å². The van der Waals surface area contributed by atoms with Crippen molar-refractivity contribution in [3.05, 3.63) is 62.5 Å². The Morgan fingerprint density at radius 3 is 2.53 bits per heavy atom. The van der Waals surface area contributed by atoms with Crippen LogP contribution in [-0.2, 0) is 6.54 Å². The molecule has 0 N–H and O–H groups in total. The largest absolute Gasteiger partial charge is 0.491 e. The van der Waals surface area contributed by atoms with Gasteiger partial charge >= 0.3 is 0 Å². The maximum atomic E-state index is 11.6. The SMILES string of the molecule is Cc1cccc(C)c1OCCn1cc(Br)ccc1=O. The Bertz CT molecular complexity index is 614. The average Bonchev–Trinajstić information content (AvgIpc) is 2.37. The molecule has 0 aliphatic carbocycles. The van der Waals surface area contributed by atoms with E-state index in [1.54, 1.807) is 22.9 Å². The summed E-state index contributed by atoms with van der Waals surface area (Å²) in [6.07, 6.45) is 1.77. The van der Waals surface area contributed by atoms with Crippen molar-refractivity contribution in [1.82, 2.24) is 4.57 Å². The molecule has 0 saturated carbocycles. The fourth-order valence-electron chi connectivity index (χ4n) is 1.95. The smallest absolute Gasteiger partial charge is 0.250 e. The van der Waals surface area contributed by atoms with E-state index in [1.165, 1.54) is 0 Å². The van der Waals surface area contributed by atoms with Gasteiger partial charge in [0.15, 0.2) is 0 Å². The number of benzene rings is 1. The number of aryl methyl sites for hydroxylation is 2. The third-order valence-corrected chi connectivity index (χ3v) is 3.40. The third kappa shape index (κ3) is 3.47. The van der Waals surface area contributed by atoms with Crippen LogP contribution in [0.5, 0.6) is 5.75 Å². The van der Waals surface area contributed by atoms with Gasteiger partial charge in [0.1, 0.15) is 12.4 Å². The highest BCUT2D eigenvalue weighted by Gasteiger charge is 2.03. The number of aromatic nitrogens is 1. The fourth-order valence-corrected chi connectivity index (χ4v) is 2.33. The lowest BCUT2D eigenvalue weighted by molar-refractivity contribution is 0.292. The molecule has 1 aromatic heterocycles. The van der Waals surface area contributed by atoms with Gasteiger partial charge in [0, 0.05) is 16.7 Å². The number of rotatable bonds is 4. The summed E-state index contributed by atoms with van der Waals surface area (Å²) < 4.78 is 8.32. The Hall–Kier alpha value is -1.55. The monoisotopic (exact) mass is 321 g/mol. The molecule has 19 heavy (non-hydrogen) atoms. The summed E-state index contributed by atoms with van der Waals surface area (Å²) in [4.78, 5) is 11.6. The Balaban J connectivity index is 2.04. The average molecular weight is 322 g/mol. The van der Waals surface area contributed by atoms with Gasteiger partial charge in [0.2, 0.25) is 0 Å². The van der Waals surface area contributed by atoms with Crippen molar-refractivity contribution >= 4 is 15.9 Å². The molecule has 3 nitrogen and oxygen atoms in total. The molecule has 0 saturated heterocycles. The number of halogens is 1. The summed E-state index contributed by atoms with van der Waals surface area (Å²) in [5.41, 5.74) is 2.21. The molecule has 0 atom stereocenters. The highest BCUT2D eigenvalue weighted by Crippen LogP contribution is 2.22. The fraction of sp³-hybridized carbons (Fsp3) is 0.267. The normalized spacial score (nSPS) is 10.5. The zero-order valence-corrected chi connectivity index (χ0v) is 12.6. The van der Waals surface area contributed by atoms with Gasteiger partial charge in [-0.2, -0.15) is 0 Å². The second-order valence-corrected chi connectivity index (χ2v) is 5.36. The third-order valence-electron chi connectivity index (χ3n) is 2.93. The minimum atomic E-state index is -0.0201. The van der Waals surface area contributed by atoms with Crippen LogP contribution in [0.15, 0.2) is 45.8 Å². The molecule has 100 valence electrons. The first-order valence-corrected chi connectivity index (χ1v) is 6.92. The van der Waals surface area contributed by atoms with Crippen LogP contribution in [0, 0.1) is 13.8 Å². The minimum absolute atomic E-state index is 0.0201. The van der Waals surface area contributed by atoms with Crippen LogP contribution < -0.4 is 10.3 Å². The van der Waals surface area contributed by atoms with Crippen LogP contribution in [0.25, 0.3) is 0 Å². The van der Waals surface area contributed by atoms with Crippen molar-refractivity contribution < 1.29 is 4.74 Å². The van der Waals surface area contributed by atoms with Gasteiger partial charge < -0.3 is 9.30 Å². The highest BCUT2D eigenvalue weighted by molar-refractivity contribution is 9.10. The summed E-state index contributed by atoms with van der Waals surface area (Å²) in [7, 11) is 0. The lowest BCUT2D eigenvalue weighted by Gasteiger charge is -2.12. The first-order chi connectivity index (χ1) is 9.08. The van der Waals surface area contributed by atoms with Gasteiger partial charge in [-0.05, 0) is 47.0 Å². The Labute approximate surface area is 121 Å². The van der Waals surface area contributed by atoms with Crippen molar-refractivity contribution in [3.63, 3.8) is 0 Å². The van der Waals surface area contributed by atoms with E-state index >= 15 is 0 Å². The van der Waals surface area contributed by atoms with Crippen molar-refractivity contribution in [1.29, 1.82) is 0 Å². The first-order valence-electron chi connectivity index (χ1n) is 6.13. The molecule has 0 aliphatic heterocycles. The Morgan fingerprint density at radius 1 is 1.16 bits per heavy atom. The summed E-state index contributed by atoms with van der Waals surface area (Å²) in [5.74, 6) is 0.908. The maximum absolute atomic E-state index is 11.6. The molecule has 0 amide bonds. The number of para-hydroxylation sites is 1. The first kappa shape index (κ1) is 13.9. The molecule has 0 unspecified atom stereocenters. The maximum Gasteiger partial charge on any atom is 0.250 e. The summed E-state index contributed by atoms with van der Waals surface area (Å²) >= 11 is 3.36. The lowest BCUT2D eigenvalue weighted by atomic mass is 10.1. The van der Waals surface area contributed by atoms with Crippen LogP contribution in [0.3, 0.4) is 0 Å². The van der Waals surface area contributed by atoms with Crippen LogP contribution in [-0.4, -0.2) is 11.2 Å². The van der Waals surface area contributed by atoms with Gasteiger partial charge in [-0.25, -0.2) is 0 Å². The van der Waals surface area contributed by atoms with Gasteiger partial charge in [-0.15, -0.1) is 0 Å². The van der Waals surface area contributed by atoms with Crippen LogP contribution in [0.1, 0.15) is 11.1 Å². The zero-order valence-electron chi connectivity index (χ0n) is 11.0. The van der Waals surface area contributed by atoms with Crippen molar-refractivity contribution in [2.45, 2.75) is 20.4 Å². The van der Waals surface area contributed by atoms with Gasteiger partial charge in [0.25, 0.3) is 5.56 Å². The number of ether oxygens (including phenoxy) is 1. The molecule has 4 heteroatoms. The van der Waals surface area contributed by atoms with Gasteiger partial charge in [-0.1, -0.05) is 18.2 Å². The van der Waals surface area contributed by atoms with E-state index in [0.717, 1.165) is 21.3 Å². The molecule has 0 aliphatic rings. The van der Waals surface area contributed by atoms with E-state index in [-0.39, 0.29) is 5.56 Å². The van der Waals surface area contributed by atoms with E-state index in [9.17, 15) is 4.79 Å². The van der Waals surface area contributed by atoms with E-state index < -0.39 is 0 Å². The number of hydrogen-bond donors (Lipinski definition) is 0. The van der Waals surface area contributed by atoms with E-state index in [4.69, 9.17) is 4.74 Å². The molecule has 1 aromatic carbocycles. The quantitative estimate of drug-likeness (QED) is 0.865. The van der Waals surface area contributed by atoms with E-state index in [0.29, 0.717) is 13.2 Å². The predicted molar refractivity (Wildman–Crippen MR) is 79.8 cm³/mol. The molecular formula is C15H16BrNO2. The second kappa shape index (κ2) is 6.06. The van der Waals surface area contributed by atoms with Crippen LogP contribution in [0.2, 0.25) is 0 Å². The van der Waals surface area contributed by atoms with E-state index in [1.807, 2.05) is 32.0 Å². The van der Waals surface area contributed by atoms with Crippen molar-refractivity contribution in [2.24, 2.45) is 0 Å². The van der Waals surface area contributed by atoms with Crippen molar-refractivity contribution in [2.75, 3.05) is 6.61 Å². The topological polar surface area (TPSA) is 31.2 Å². The molecule has 0 bridgehead atoms. The molecule has 1 heterocycles. The van der Waals surface area contributed by atoms with Gasteiger partial charge in [-0.3, -0.25) is 4.79 Å². The Kier molecular flexibility index (Phi) is 4.43. The number of nitrogens with zero attached hydrogens (tertiary/aromatic N) is 1. The molecular weight excluding hydrogens is 306 g/mol. The van der Waals surface area contributed by atoms with Crippen LogP contribution >= 0.6 is 15.9 Å². The molecule has 0 fully saturated rings. The minimum Gasteiger partial charge on any atom is -0.491 e. The summed E-state index contributed by atoms with van der Waals surface area (Å²) in [6.45, 7) is 5.05. The molecule has 2 aromatic rings.